The van der Waals surface area contributed by atoms with Crippen molar-refractivity contribution in [3.63, 3.8) is 0 Å². The molecule has 0 spiro atoms. The minimum absolute atomic E-state index is 0.143. The molecular weight excluding hydrogens is 270 g/mol. The molecule has 0 saturated heterocycles. The summed E-state index contributed by atoms with van der Waals surface area (Å²) < 4.78 is 5.39. The molecule has 21 heavy (non-hydrogen) atoms. The van der Waals surface area contributed by atoms with Gasteiger partial charge in [-0.2, -0.15) is 0 Å². The number of rotatable bonds is 3. The number of hydrogen-bond acceptors (Lipinski definition) is 3. The van der Waals surface area contributed by atoms with Crippen LogP contribution in [0.2, 0.25) is 0 Å². The fourth-order valence-electron chi connectivity index (χ4n) is 2.49. The van der Waals surface area contributed by atoms with E-state index in [0.29, 0.717) is 24.3 Å². The zero-order chi connectivity index (χ0) is 15.0. The quantitative estimate of drug-likeness (QED) is 0.902. The Morgan fingerprint density at radius 2 is 1.95 bits per heavy atom. The maximum absolute atomic E-state index is 11.4. The molecule has 5 nitrogen and oxygen atoms in total. The molecule has 1 heterocycles. The number of carbonyl (C=O) groups is 2. The minimum atomic E-state index is -1.03. The number of amides is 1. The molecule has 0 fully saturated rings. The predicted octanol–water partition coefficient (Wildman–Crippen LogP) is 2.09. The number of carbonyl (C=O) groups excluding carboxylic acids is 1. The number of carboxylic acid groups (broad SMARTS) is 1. The lowest BCUT2D eigenvalue weighted by molar-refractivity contribution is 0.0693. The fraction of sp³-hybridized carbons (Fsp3) is 0.125. The number of carboxylic acids is 1. The molecule has 106 valence electrons. The summed E-state index contributed by atoms with van der Waals surface area (Å²) in [6, 6.07) is 10.3. The van der Waals surface area contributed by atoms with Gasteiger partial charge in [-0.15, -0.1) is 0 Å². The summed E-state index contributed by atoms with van der Waals surface area (Å²) in [6.07, 6.45) is 0.680. The van der Waals surface area contributed by atoms with E-state index in [2.05, 4.69) is 0 Å². The van der Waals surface area contributed by atoms with Crippen LogP contribution in [0, 0.1) is 0 Å². The van der Waals surface area contributed by atoms with E-state index < -0.39 is 11.9 Å². The molecule has 0 unspecified atom stereocenters. The van der Waals surface area contributed by atoms with Gasteiger partial charge in [-0.1, -0.05) is 12.1 Å². The van der Waals surface area contributed by atoms with Crippen molar-refractivity contribution in [2.75, 3.05) is 6.61 Å². The van der Waals surface area contributed by atoms with Crippen LogP contribution in [0.4, 0.5) is 0 Å². The number of aromatic carboxylic acids is 1. The Labute approximate surface area is 121 Å². The molecule has 0 aromatic heterocycles. The van der Waals surface area contributed by atoms with Crippen molar-refractivity contribution in [2.45, 2.75) is 6.42 Å². The van der Waals surface area contributed by atoms with E-state index in [-0.39, 0.29) is 5.56 Å². The van der Waals surface area contributed by atoms with Crippen molar-refractivity contribution in [1.29, 1.82) is 0 Å². The van der Waals surface area contributed by atoms with Crippen molar-refractivity contribution in [3.8, 4) is 16.9 Å². The van der Waals surface area contributed by atoms with Crippen LogP contribution in [0.15, 0.2) is 36.4 Å². The number of nitrogens with two attached hydrogens (primary N) is 1. The predicted molar refractivity (Wildman–Crippen MR) is 76.6 cm³/mol. The van der Waals surface area contributed by atoms with E-state index in [1.807, 2.05) is 12.1 Å². The highest BCUT2D eigenvalue weighted by atomic mass is 16.5. The zero-order valence-corrected chi connectivity index (χ0v) is 11.1. The molecule has 3 N–H and O–H groups in total. The van der Waals surface area contributed by atoms with Gasteiger partial charge < -0.3 is 15.6 Å². The van der Waals surface area contributed by atoms with Crippen molar-refractivity contribution in [3.05, 3.63) is 53.1 Å². The molecule has 1 amide bonds. The van der Waals surface area contributed by atoms with E-state index in [9.17, 15) is 14.7 Å². The van der Waals surface area contributed by atoms with Gasteiger partial charge in [0.25, 0.3) is 0 Å². The summed E-state index contributed by atoms with van der Waals surface area (Å²) in [7, 11) is 0. The van der Waals surface area contributed by atoms with E-state index in [4.69, 9.17) is 10.5 Å². The maximum atomic E-state index is 11.4. The van der Waals surface area contributed by atoms with E-state index in [1.165, 1.54) is 0 Å². The first-order chi connectivity index (χ1) is 10.1. The molecule has 0 aliphatic carbocycles. The summed E-state index contributed by atoms with van der Waals surface area (Å²) in [5, 5.41) is 9.31. The fourth-order valence-corrected chi connectivity index (χ4v) is 2.49. The van der Waals surface area contributed by atoms with Gasteiger partial charge in [-0.3, -0.25) is 4.79 Å². The maximum Gasteiger partial charge on any atom is 0.339 e. The van der Waals surface area contributed by atoms with Gasteiger partial charge in [-0.25, -0.2) is 4.79 Å². The van der Waals surface area contributed by atoms with Crippen LogP contribution >= 0.6 is 0 Å². The molecule has 5 heteroatoms. The van der Waals surface area contributed by atoms with E-state index >= 15 is 0 Å². The summed E-state index contributed by atoms with van der Waals surface area (Å²) in [4.78, 5) is 22.6. The molecule has 1 aliphatic heterocycles. The molecule has 1 aliphatic rings. The number of fused-ring (bicyclic) bond motifs is 1. The second-order valence-corrected chi connectivity index (χ2v) is 4.86. The molecule has 0 saturated carbocycles. The third kappa shape index (κ3) is 2.33. The van der Waals surface area contributed by atoms with Crippen LogP contribution in [0.3, 0.4) is 0 Å². The Balaban J connectivity index is 2.15. The average Bonchev–Trinajstić information content (AvgIpc) is 2.94. The zero-order valence-electron chi connectivity index (χ0n) is 11.1. The van der Waals surface area contributed by atoms with Crippen LogP contribution in [0.5, 0.6) is 5.75 Å². The average molecular weight is 283 g/mol. The summed E-state index contributed by atoms with van der Waals surface area (Å²) in [5.41, 5.74) is 8.17. The van der Waals surface area contributed by atoms with Crippen molar-refractivity contribution >= 4 is 11.9 Å². The largest absolute Gasteiger partial charge is 0.492 e. The van der Waals surface area contributed by atoms with Gasteiger partial charge in [0.15, 0.2) is 0 Å². The standard InChI is InChI=1S/C16H13NO4/c17-15(18)11-3-1-2-9(6-11)12-7-10-4-5-21-14(10)13(8-12)16(19)20/h1-3,6-8H,4-5H2,(H2,17,18)(H,19,20). The first-order valence-electron chi connectivity index (χ1n) is 6.49. The number of benzene rings is 2. The van der Waals surface area contributed by atoms with E-state index in [1.54, 1.807) is 24.3 Å². The Bertz CT molecular complexity index is 752. The topological polar surface area (TPSA) is 89.6 Å². The lowest BCUT2D eigenvalue weighted by Gasteiger charge is -2.09. The summed E-state index contributed by atoms with van der Waals surface area (Å²) in [5.74, 6) is -1.10. The monoisotopic (exact) mass is 283 g/mol. The third-order valence-electron chi connectivity index (χ3n) is 3.49. The molecule has 0 atom stereocenters. The highest BCUT2D eigenvalue weighted by molar-refractivity contribution is 5.96. The van der Waals surface area contributed by atoms with Gasteiger partial charge in [-0.05, 0) is 41.0 Å². The first-order valence-corrected chi connectivity index (χ1v) is 6.49. The van der Waals surface area contributed by atoms with Crippen LogP contribution in [0.1, 0.15) is 26.3 Å². The highest BCUT2D eigenvalue weighted by Gasteiger charge is 2.22. The molecule has 3 rings (SSSR count). The van der Waals surface area contributed by atoms with Crippen molar-refractivity contribution in [1.82, 2.24) is 0 Å². The Hall–Kier alpha value is -2.82. The van der Waals surface area contributed by atoms with Gasteiger partial charge in [0.1, 0.15) is 11.3 Å². The molecule has 2 aromatic rings. The van der Waals surface area contributed by atoms with Crippen LogP contribution < -0.4 is 10.5 Å². The lowest BCUT2D eigenvalue weighted by Crippen LogP contribution is -2.10. The van der Waals surface area contributed by atoms with Crippen molar-refractivity contribution in [2.24, 2.45) is 5.73 Å². The second kappa shape index (κ2) is 4.94. The van der Waals surface area contributed by atoms with Gasteiger partial charge in [0, 0.05) is 12.0 Å². The Morgan fingerprint density at radius 1 is 1.14 bits per heavy atom. The highest BCUT2D eigenvalue weighted by Crippen LogP contribution is 2.34. The summed E-state index contributed by atoms with van der Waals surface area (Å²) in [6.45, 7) is 0.487. The number of hydrogen-bond donors (Lipinski definition) is 2. The smallest absolute Gasteiger partial charge is 0.339 e. The van der Waals surface area contributed by atoms with Gasteiger partial charge in [0.2, 0.25) is 5.91 Å². The number of ether oxygens (including phenoxy) is 1. The molecule has 0 radical (unpaired) electrons. The van der Waals surface area contributed by atoms with Crippen LogP contribution in [-0.4, -0.2) is 23.6 Å². The van der Waals surface area contributed by atoms with Crippen LogP contribution in [-0.2, 0) is 6.42 Å². The number of primary amides is 1. The van der Waals surface area contributed by atoms with Gasteiger partial charge >= 0.3 is 5.97 Å². The normalized spacial score (nSPS) is 12.6. The van der Waals surface area contributed by atoms with Crippen LogP contribution in [0.25, 0.3) is 11.1 Å². The Morgan fingerprint density at radius 3 is 2.67 bits per heavy atom. The first kappa shape index (κ1) is 13.2. The lowest BCUT2D eigenvalue weighted by atomic mass is 9.97. The third-order valence-corrected chi connectivity index (χ3v) is 3.49. The molecule has 0 bridgehead atoms. The van der Waals surface area contributed by atoms with E-state index in [0.717, 1.165) is 16.7 Å². The second-order valence-electron chi connectivity index (χ2n) is 4.86. The summed E-state index contributed by atoms with van der Waals surface area (Å²) >= 11 is 0. The van der Waals surface area contributed by atoms with Crippen molar-refractivity contribution < 1.29 is 19.4 Å². The molecule has 2 aromatic carbocycles. The Kier molecular flexibility index (Phi) is 3.10. The minimum Gasteiger partial charge on any atom is -0.492 e. The van der Waals surface area contributed by atoms with Gasteiger partial charge in [0.05, 0.1) is 6.61 Å². The molecular formula is C16H13NO4. The SMILES string of the molecule is NC(=O)c1cccc(-c2cc3c(c(C(=O)O)c2)OCC3)c1.